The zero-order valence-electron chi connectivity index (χ0n) is 14.6. The van der Waals surface area contributed by atoms with Crippen molar-refractivity contribution in [2.24, 2.45) is 0 Å². The number of nitrogens with zero attached hydrogens (tertiary/aromatic N) is 2. The lowest BCUT2D eigenvalue weighted by atomic mass is 10.1. The number of carbonyl (C=O) groups excluding carboxylic acids is 2. The Morgan fingerprint density at radius 3 is 2.88 bits per heavy atom. The number of benzene rings is 1. The van der Waals surface area contributed by atoms with Crippen LogP contribution in [-0.2, 0) is 9.53 Å². The van der Waals surface area contributed by atoms with E-state index in [1.807, 2.05) is 4.90 Å². The molecule has 2 heterocycles. The fourth-order valence-electron chi connectivity index (χ4n) is 3.20. The molecule has 2 aliphatic heterocycles. The standard InChI is InChI=1S/C18H25N3O4/c1-24-16-4-2-3-14(11-16)18(23)19-15-12-17(22)21(13-15)6-5-20-7-9-25-10-8-20/h2-4,11,15H,5-10,12-13H2,1H3,(H,19,23)/t15-/m1/s1. The number of likely N-dealkylation sites (tertiary alicyclic amines) is 1. The normalized spacial score (nSPS) is 21.4. The molecule has 3 rings (SSSR count). The van der Waals surface area contributed by atoms with Gasteiger partial charge in [0.1, 0.15) is 5.75 Å². The summed E-state index contributed by atoms with van der Waals surface area (Å²) >= 11 is 0. The van der Waals surface area contributed by atoms with Crippen molar-refractivity contribution in [3.63, 3.8) is 0 Å². The number of carbonyl (C=O) groups is 2. The lowest BCUT2D eigenvalue weighted by Gasteiger charge is -2.28. The summed E-state index contributed by atoms with van der Waals surface area (Å²) < 4.78 is 10.5. The molecular weight excluding hydrogens is 322 g/mol. The van der Waals surface area contributed by atoms with Crippen LogP contribution in [0.2, 0.25) is 0 Å². The minimum absolute atomic E-state index is 0.101. The van der Waals surface area contributed by atoms with Crippen LogP contribution in [0.5, 0.6) is 5.75 Å². The van der Waals surface area contributed by atoms with E-state index in [1.54, 1.807) is 31.4 Å². The maximum atomic E-state index is 12.4. The Hall–Kier alpha value is -2.12. The average molecular weight is 347 g/mol. The van der Waals surface area contributed by atoms with Crippen LogP contribution in [0, 0.1) is 0 Å². The van der Waals surface area contributed by atoms with E-state index in [0.29, 0.717) is 30.8 Å². The predicted molar refractivity (Wildman–Crippen MR) is 92.7 cm³/mol. The highest BCUT2D eigenvalue weighted by Gasteiger charge is 2.30. The van der Waals surface area contributed by atoms with E-state index in [0.717, 1.165) is 32.8 Å². The van der Waals surface area contributed by atoms with E-state index in [-0.39, 0.29) is 17.9 Å². The van der Waals surface area contributed by atoms with Crippen LogP contribution in [-0.4, -0.2) is 80.7 Å². The highest BCUT2D eigenvalue weighted by atomic mass is 16.5. The molecule has 1 N–H and O–H groups in total. The molecule has 136 valence electrons. The molecule has 0 unspecified atom stereocenters. The van der Waals surface area contributed by atoms with Crippen LogP contribution >= 0.6 is 0 Å². The minimum atomic E-state index is -0.174. The van der Waals surface area contributed by atoms with Crippen molar-refractivity contribution < 1.29 is 19.1 Å². The molecule has 0 spiro atoms. The van der Waals surface area contributed by atoms with Crippen molar-refractivity contribution in [3.05, 3.63) is 29.8 Å². The maximum Gasteiger partial charge on any atom is 0.251 e. The Balaban J connectivity index is 1.49. The van der Waals surface area contributed by atoms with E-state index >= 15 is 0 Å². The molecule has 2 amide bonds. The largest absolute Gasteiger partial charge is 0.497 e. The summed E-state index contributed by atoms with van der Waals surface area (Å²) in [7, 11) is 1.57. The van der Waals surface area contributed by atoms with Crippen molar-refractivity contribution in [3.8, 4) is 5.75 Å². The third kappa shape index (κ3) is 4.70. The number of amides is 2. The van der Waals surface area contributed by atoms with E-state index in [9.17, 15) is 9.59 Å². The summed E-state index contributed by atoms with van der Waals surface area (Å²) in [6, 6.07) is 6.87. The second-order valence-corrected chi connectivity index (χ2v) is 6.40. The Bertz CT molecular complexity index is 616. The molecule has 7 heteroatoms. The fourth-order valence-corrected chi connectivity index (χ4v) is 3.20. The van der Waals surface area contributed by atoms with E-state index in [1.165, 1.54) is 0 Å². The number of morpholine rings is 1. The third-order valence-corrected chi connectivity index (χ3v) is 4.67. The third-order valence-electron chi connectivity index (χ3n) is 4.67. The van der Waals surface area contributed by atoms with Crippen molar-refractivity contribution in [1.82, 2.24) is 15.1 Å². The van der Waals surface area contributed by atoms with Crippen LogP contribution < -0.4 is 10.1 Å². The van der Waals surface area contributed by atoms with Crippen LogP contribution in [0.15, 0.2) is 24.3 Å². The van der Waals surface area contributed by atoms with Gasteiger partial charge in [0.15, 0.2) is 0 Å². The van der Waals surface area contributed by atoms with Gasteiger partial charge in [-0.25, -0.2) is 0 Å². The van der Waals surface area contributed by atoms with Gasteiger partial charge in [0.25, 0.3) is 5.91 Å². The lowest BCUT2D eigenvalue weighted by molar-refractivity contribution is -0.128. The lowest BCUT2D eigenvalue weighted by Crippen LogP contribution is -2.42. The molecule has 0 aliphatic carbocycles. The first kappa shape index (κ1) is 17.7. The number of rotatable bonds is 6. The highest BCUT2D eigenvalue weighted by molar-refractivity contribution is 5.95. The van der Waals surface area contributed by atoms with Gasteiger partial charge < -0.3 is 19.7 Å². The van der Waals surface area contributed by atoms with Gasteiger partial charge in [0.05, 0.1) is 26.4 Å². The van der Waals surface area contributed by atoms with Crippen LogP contribution in [0.4, 0.5) is 0 Å². The zero-order valence-corrected chi connectivity index (χ0v) is 14.6. The van der Waals surface area contributed by atoms with Crippen molar-refractivity contribution >= 4 is 11.8 Å². The molecule has 1 aromatic rings. The van der Waals surface area contributed by atoms with E-state index in [4.69, 9.17) is 9.47 Å². The average Bonchev–Trinajstić information content (AvgIpc) is 3.00. The molecule has 25 heavy (non-hydrogen) atoms. The summed E-state index contributed by atoms with van der Waals surface area (Å²) in [5.41, 5.74) is 0.540. The first-order valence-electron chi connectivity index (χ1n) is 8.68. The number of hydrogen-bond acceptors (Lipinski definition) is 5. The molecule has 0 saturated carbocycles. The molecule has 0 radical (unpaired) electrons. The van der Waals surface area contributed by atoms with Gasteiger partial charge in [-0.2, -0.15) is 0 Å². The predicted octanol–water partition coefficient (Wildman–Crippen LogP) is 0.358. The van der Waals surface area contributed by atoms with Crippen molar-refractivity contribution in [2.45, 2.75) is 12.5 Å². The molecule has 0 bridgehead atoms. The maximum absolute atomic E-state index is 12.4. The Morgan fingerprint density at radius 2 is 2.12 bits per heavy atom. The Labute approximate surface area is 147 Å². The summed E-state index contributed by atoms with van der Waals surface area (Å²) in [6.07, 6.45) is 0.360. The first-order valence-corrected chi connectivity index (χ1v) is 8.68. The topological polar surface area (TPSA) is 71.1 Å². The molecule has 2 saturated heterocycles. The highest BCUT2D eigenvalue weighted by Crippen LogP contribution is 2.15. The zero-order chi connectivity index (χ0) is 17.6. The Morgan fingerprint density at radius 1 is 1.32 bits per heavy atom. The van der Waals surface area contributed by atoms with Crippen molar-refractivity contribution in [2.75, 3.05) is 53.0 Å². The van der Waals surface area contributed by atoms with Crippen molar-refractivity contribution in [1.29, 1.82) is 0 Å². The Kier molecular flexibility index (Phi) is 5.88. The fraction of sp³-hybridized carbons (Fsp3) is 0.556. The summed E-state index contributed by atoms with van der Waals surface area (Å²) in [6.45, 7) is 5.46. The van der Waals surface area contributed by atoms with Gasteiger partial charge in [-0.15, -0.1) is 0 Å². The summed E-state index contributed by atoms with van der Waals surface area (Å²) in [5.74, 6) is 0.568. The quantitative estimate of drug-likeness (QED) is 0.804. The number of methoxy groups -OCH3 is 1. The van der Waals surface area contributed by atoms with Gasteiger partial charge in [0, 0.05) is 44.7 Å². The molecule has 7 nitrogen and oxygen atoms in total. The van der Waals surface area contributed by atoms with E-state index < -0.39 is 0 Å². The van der Waals surface area contributed by atoms with Crippen LogP contribution in [0.3, 0.4) is 0 Å². The van der Waals surface area contributed by atoms with Gasteiger partial charge in [0.2, 0.25) is 5.91 Å². The molecular formula is C18H25N3O4. The number of nitrogens with one attached hydrogen (secondary N) is 1. The summed E-state index contributed by atoms with van der Waals surface area (Å²) in [5, 5.41) is 2.95. The van der Waals surface area contributed by atoms with Crippen LogP contribution in [0.1, 0.15) is 16.8 Å². The number of hydrogen-bond donors (Lipinski definition) is 1. The minimum Gasteiger partial charge on any atom is -0.497 e. The monoisotopic (exact) mass is 347 g/mol. The molecule has 1 aromatic carbocycles. The van der Waals surface area contributed by atoms with E-state index in [2.05, 4.69) is 10.2 Å². The smallest absolute Gasteiger partial charge is 0.251 e. The molecule has 1 atom stereocenters. The molecule has 2 fully saturated rings. The van der Waals surface area contributed by atoms with Gasteiger partial charge in [-0.05, 0) is 18.2 Å². The second kappa shape index (κ2) is 8.31. The first-order chi connectivity index (χ1) is 12.2. The SMILES string of the molecule is COc1cccc(C(=O)N[C@@H]2CC(=O)N(CCN3CCOCC3)C2)c1. The second-order valence-electron chi connectivity index (χ2n) is 6.40. The molecule has 0 aromatic heterocycles. The van der Waals surface area contributed by atoms with Gasteiger partial charge in [-0.3, -0.25) is 14.5 Å². The van der Waals surface area contributed by atoms with Gasteiger partial charge in [-0.1, -0.05) is 6.07 Å². The van der Waals surface area contributed by atoms with Gasteiger partial charge >= 0.3 is 0 Å². The summed E-state index contributed by atoms with van der Waals surface area (Å²) in [4.78, 5) is 28.7. The number of ether oxygens (including phenoxy) is 2. The van der Waals surface area contributed by atoms with Crippen LogP contribution in [0.25, 0.3) is 0 Å². The molecule has 2 aliphatic rings.